The van der Waals surface area contributed by atoms with Crippen LogP contribution in [-0.2, 0) is 11.2 Å². The second-order valence-corrected chi connectivity index (χ2v) is 6.44. The van der Waals surface area contributed by atoms with Gasteiger partial charge >= 0.3 is 0 Å². The molecule has 1 atom stereocenters. The minimum absolute atomic E-state index is 0.113. The van der Waals surface area contributed by atoms with E-state index in [2.05, 4.69) is 15.5 Å². The van der Waals surface area contributed by atoms with E-state index in [1.165, 1.54) is 23.5 Å². The highest BCUT2D eigenvalue weighted by Crippen LogP contribution is 2.19. The number of aromatic nitrogens is 2. The Hall–Kier alpha value is -1.86. The molecular formula is C15H19FN4OS. The number of aryl methyl sites for hydroxylation is 1. The van der Waals surface area contributed by atoms with Crippen LogP contribution in [0, 0.1) is 12.7 Å². The summed E-state index contributed by atoms with van der Waals surface area (Å²) in [6.07, 6.45) is 0.654. The van der Waals surface area contributed by atoms with Crippen molar-refractivity contribution in [1.82, 2.24) is 20.4 Å². The minimum atomic E-state index is -0.447. The van der Waals surface area contributed by atoms with Gasteiger partial charge in [0.1, 0.15) is 21.9 Å². The summed E-state index contributed by atoms with van der Waals surface area (Å²) in [5, 5.41) is 12.7. The van der Waals surface area contributed by atoms with Crippen LogP contribution in [0.25, 0.3) is 0 Å². The van der Waals surface area contributed by atoms with Crippen LogP contribution in [0.1, 0.15) is 21.6 Å². The van der Waals surface area contributed by atoms with Gasteiger partial charge in [-0.1, -0.05) is 12.1 Å². The fraction of sp³-hybridized carbons (Fsp3) is 0.400. The molecule has 118 valence electrons. The molecule has 2 rings (SSSR count). The van der Waals surface area contributed by atoms with Crippen LogP contribution >= 0.6 is 11.3 Å². The van der Waals surface area contributed by atoms with Crippen LogP contribution in [0.3, 0.4) is 0 Å². The number of rotatable bonds is 6. The molecule has 0 aliphatic rings. The van der Waals surface area contributed by atoms with E-state index in [-0.39, 0.29) is 11.7 Å². The molecule has 1 N–H and O–H groups in total. The van der Waals surface area contributed by atoms with Gasteiger partial charge in [-0.2, -0.15) is 0 Å². The number of nitrogens with one attached hydrogen (secondary N) is 1. The van der Waals surface area contributed by atoms with Crippen molar-refractivity contribution in [3.8, 4) is 0 Å². The molecular weight excluding hydrogens is 303 g/mol. The van der Waals surface area contributed by atoms with E-state index < -0.39 is 6.04 Å². The Morgan fingerprint density at radius 2 is 2.00 bits per heavy atom. The Bertz CT molecular complexity index is 627. The van der Waals surface area contributed by atoms with Crippen molar-refractivity contribution in [1.29, 1.82) is 0 Å². The Kier molecular flexibility index (Phi) is 5.57. The summed E-state index contributed by atoms with van der Waals surface area (Å²) in [6.45, 7) is 2.40. The third-order valence-corrected chi connectivity index (χ3v) is 4.05. The average molecular weight is 322 g/mol. The number of amides is 1. The topological polar surface area (TPSA) is 58.1 Å². The molecule has 1 aromatic carbocycles. The maximum absolute atomic E-state index is 13.0. The van der Waals surface area contributed by atoms with Crippen molar-refractivity contribution in [2.45, 2.75) is 19.4 Å². The first-order valence-electron chi connectivity index (χ1n) is 6.96. The molecule has 0 saturated heterocycles. The fourth-order valence-corrected chi connectivity index (χ4v) is 2.87. The SMILES string of the molecule is Cc1nnc(CCNC(=O)[C@@H](c2ccc(F)cc2)N(C)C)s1. The summed E-state index contributed by atoms with van der Waals surface area (Å²) in [6, 6.07) is 5.55. The first-order valence-corrected chi connectivity index (χ1v) is 7.77. The second kappa shape index (κ2) is 7.42. The number of hydrogen-bond donors (Lipinski definition) is 1. The highest BCUT2D eigenvalue weighted by Gasteiger charge is 2.22. The van der Waals surface area contributed by atoms with E-state index >= 15 is 0 Å². The number of likely N-dealkylation sites (N-methyl/N-ethyl adjacent to an activating group) is 1. The predicted molar refractivity (Wildman–Crippen MR) is 84.2 cm³/mol. The number of nitrogens with zero attached hydrogens (tertiary/aromatic N) is 3. The van der Waals surface area contributed by atoms with Crippen LogP contribution in [0.5, 0.6) is 0 Å². The van der Waals surface area contributed by atoms with Gasteiger partial charge in [-0.05, 0) is 38.7 Å². The van der Waals surface area contributed by atoms with Gasteiger partial charge in [-0.25, -0.2) is 4.39 Å². The summed E-state index contributed by atoms with van der Waals surface area (Å²) >= 11 is 1.53. The molecule has 1 aromatic heterocycles. The largest absolute Gasteiger partial charge is 0.354 e. The number of carbonyl (C=O) groups is 1. The summed E-state index contributed by atoms with van der Waals surface area (Å²) in [4.78, 5) is 14.2. The maximum atomic E-state index is 13.0. The third kappa shape index (κ3) is 4.32. The van der Waals surface area contributed by atoms with Crippen molar-refractivity contribution < 1.29 is 9.18 Å². The normalized spacial score (nSPS) is 12.4. The fourth-order valence-electron chi connectivity index (χ4n) is 2.16. The van der Waals surface area contributed by atoms with E-state index in [0.717, 1.165) is 15.6 Å². The molecule has 0 unspecified atom stereocenters. The zero-order valence-electron chi connectivity index (χ0n) is 12.8. The Morgan fingerprint density at radius 3 is 2.55 bits per heavy atom. The predicted octanol–water partition coefficient (Wildman–Crippen LogP) is 1.95. The quantitative estimate of drug-likeness (QED) is 0.883. The molecule has 0 radical (unpaired) electrons. The number of hydrogen-bond acceptors (Lipinski definition) is 5. The van der Waals surface area contributed by atoms with E-state index in [1.54, 1.807) is 17.0 Å². The molecule has 7 heteroatoms. The lowest BCUT2D eigenvalue weighted by atomic mass is 10.1. The Labute approximate surface area is 133 Å². The second-order valence-electron chi connectivity index (χ2n) is 5.17. The van der Waals surface area contributed by atoms with Crippen molar-refractivity contribution in [2.75, 3.05) is 20.6 Å². The van der Waals surface area contributed by atoms with Crippen LogP contribution in [0.4, 0.5) is 4.39 Å². The lowest BCUT2D eigenvalue weighted by Crippen LogP contribution is -2.37. The average Bonchev–Trinajstić information content (AvgIpc) is 2.86. The summed E-state index contributed by atoms with van der Waals surface area (Å²) < 4.78 is 13.0. The standard InChI is InChI=1S/C15H19FN4OS/c1-10-18-19-13(22-10)8-9-17-15(21)14(20(2)3)11-4-6-12(16)7-5-11/h4-7,14H,8-9H2,1-3H3,(H,17,21)/t14-/m1/s1. The van der Waals surface area contributed by atoms with Crippen molar-refractivity contribution in [3.05, 3.63) is 45.7 Å². The van der Waals surface area contributed by atoms with Crippen LogP contribution in [-0.4, -0.2) is 41.6 Å². The molecule has 2 aromatic rings. The van der Waals surface area contributed by atoms with E-state index in [0.29, 0.717) is 13.0 Å². The van der Waals surface area contributed by atoms with E-state index in [1.807, 2.05) is 21.0 Å². The minimum Gasteiger partial charge on any atom is -0.354 e. The summed E-state index contributed by atoms with van der Waals surface area (Å²) in [5.74, 6) is -0.425. The number of benzene rings is 1. The summed E-state index contributed by atoms with van der Waals surface area (Å²) in [5.41, 5.74) is 0.760. The molecule has 22 heavy (non-hydrogen) atoms. The van der Waals surface area contributed by atoms with Gasteiger partial charge in [-0.15, -0.1) is 21.5 Å². The zero-order chi connectivity index (χ0) is 16.1. The van der Waals surface area contributed by atoms with Crippen molar-refractivity contribution in [3.63, 3.8) is 0 Å². The molecule has 0 aliphatic carbocycles. The first kappa shape index (κ1) is 16.5. The first-order chi connectivity index (χ1) is 10.5. The van der Waals surface area contributed by atoms with Gasteiger partial charge in [0.2, 0.25) is 5.91 Å². The highest BCUT2D eigenvalue weighted by molar-refractivity contribution is 7.11. The van der Waals surface area contributed by atoms with Crippen molar-refractivity contribution in [2.24, 2.45) is 0 Å². The van der Waals surface area contributed by atoms with Crippen LogP contribution < -0.4 is 5.32 Å². The molecule has 1 amide bonds. The van der Waals surface area contributed by atoms with Crippen LogP contribution in [0.2, 0.25) is 0 Å². The van der Waals surface area contributed by atoms with E-state index in [4.69, 9.17) is 0 Å². The van der Waals surface area contributed by atoms with Crippen LogP contribution in [0.15, 0.2) is 24.3 Å². The van der Waals surface area contributed by atoms with Gasteiger partial charge in [0, 0.05) is 13.0 Å². The Morgan fingerprint density at radius 1 is 1.32 bits per heavy atom. The maximum Gasteiger partial charge on any atom is 0.241 e. The highest BCUT2D eigenvalue weighted by atomic mass is 32.1. The number of halogens is 1. The molecule has 0 bridgehead atoms. The van der Waals surface area contributed by atoms with Gasteiger partial charge in [-0.3, -0.25) is 9.69 Å². The lowest BCUT2D eigenvalue weighted by molar-refractivity contribution is -0.125. The van der Waals surface area contributed by atoms with E-state index in [9.17, 15) is 9.18 Å². The molecule has 0 saturated carbocycles. The van der Waals surface area contributed by atoms with Gasteiger partial charge in [0.05, 0.1) is 0 Å². The number of carbonyl (C=O) groups excluding carboxylic acids is 1. The van der Waals surface area contributed by atoms with Gasteiger partial charge in [0.25, 0.3) is 0 Å². The van der Waals surface area contributed by atoms with Gasteiger partial charge < -0.3 is 5.32 Å². The lowest BCUT2D eigenvalue weighted by Gasteiger charge is -2.23. The molecule has 0 fully saturated rings. The molecule has 0 spiro atoms. The smallest absolute Gasteiger partial charge is 0.241 e. The summed E-state index contributed by atoms with van der Waals surface area (Å²) in [7, 11) is 3.64. The Balaban J connectivity index is 1.96. The van der Waals surface area contributed by atoms with Gasteiger partial charge in [0.15, 0.2) is 0 Å². The third-order valence-electron chi connectivity index (χ3n) is 3.16. The molecule has 5 nitrogen and oxygen atoms in total. The monoisotopic (exact) mass is 322 g/mol. The molecule has 0 aliphatic heterocycles. The molecule has 1 heterocycles. The van der Waals surface area contributed by atoms with Crippen molar-refractivity contribution >= 4 is 17.2 Å². The zero-order valence-corrected chi connectivity index (χ0v) is 13.7.